The van der Waals surface area contributed by atoms with Crippen molar-refractivity contribution in [2.24, 2.45) is 0 Å². The van der Waals surface area contributed by atoms with Crippen LogP contribution in [-0.4, -0.2) is 51.2 Å². The number of piperidine rings is 1. The van der Waals surface area contributed by atoms with Crippen molar-refractivity contribution < 1.29 is 23.6 Å². The van der Waals surface area contributed by atoms with Crippen LogP contribution in [0.4, 0.5) is 4.79 Å². The number of nitrogens with one attached hydrogen (secondary N) is 1. The third kappa shape index (κ3) is 4.12. The molecule has 5 amide bonds. The highest BCUT2D eigenvalue weighted by Gasteiger charge is 2.36. The molecule has 3 aromatic rings. The van der Waals surface area contributed by atoms with E-state index in [0.29, 0.717) is 11.3 Å². The van der Waals surface area contributed by atoms with Gasteiger partial charge in [0.15, 0.2) is 0 Å². The van der Waals surface area contributed by atoms with E-state index < -0.39 is 17.8 Å². The van der Waals surface area contributed by atoms with Crippen molar-refractivity contribution in [3.05, 3.63) is 65.8 Å². The second kappa shape index (κ2) is 9.01. The van der Waals surface area contributed by atoms with E-state index in [-0.39, 0.29) is 24.6 Å². The van der Waals surface area contributed by atoms with Crippen LogP contribution in [0, 0.1) is 0 Å². The topological polar surface area (TPSA) is 105 Å². The van der Waals surface area contributed by atoms with Crippen molar-refractivity contribution in [3.63, 3.8) is 0 Å². The van der Waals surface area contributed by atoms with E-state index >= 15 is 0 Å². The van der Waals surface area contributed by atoms with Gasteiger partial charge >= 0.3 is 6.03 Å². The van der Waals surface area contributed by atoms with Gasteiger partial charge in [0.1, 0.15) is 17.9 Å². The van der Waals surface area contributed by atoms with Gasteiger partial charge in [-0.3, -0.25) is 24.6 Å². The zero-order valence-corrected chi connectivity index (χ0v) is 18.5. The molecule has 0 unspecified atom stereocenters. The summed E-state index contributed by atoms with van der Waals surface area (Å²) in [6.45, 7) is 1.62. The van der Waals surface area contributed by atoms with Crippen LogP contribution in [0.5, 0.6) is 0 Å². The lowest BCUT2D eigenvalue weighted by atomic mass is 10.1. The second-order valence-electron chi connectivity index (χ2n) is 8.46. The summed E-state index contributed by atoms with van der Waals surface area (Å²) in [7, 11) is 0. The molecular weight excluding hydrogens is 436 g/mol. The summed E-state index contributed by atoms with van der Waals surface area (Å²) >= 11 is 0. The Kier molecular flexibility index (Phi) is 5.75. The van der Waals surface area contributed by atoms with E-state index in [9.17, 15) is 19.2 Å². The minimum Gasteiger partial charge on any atom is -0.467 e. The Balaban J connectivity index is 1.46. The van der Waals surface area contributed by atoms with Gasteiger partial charge < -0.3 is 13.9 Å². The zero-order valence-electron chi connectivity index (χ0n) is 18.5. The first-order chi connectivity index (χ1) is 16.5. The van der Waals surface area contributed by atoms with Crippen molar-refractivity contribution in [2.75, 3.05) is 13.1 Å². The molecule has 2 saturated heterocycles. The summed E-state index contributed by atoms with van der Waals surface area (Å²) in [4.78, 5) is 53.6. The number of benzene rings is 1. The smallest absolute Gasteiger partial charge is 0.331 e. The fourth-order valence-electron chi connectivity index (χ4n) is 4.46. The minimum absolute atomic E-state index is 0.0429. The maximum atomic E-state index is 13.1. The first kappa shape index (κ1) is 21.7. The molecule has 2 aliphatic heterocycles. The van der Waals surface area contributed by atoms with Gasteiger partial charge in [0, 0.05) is 35.8 Å². The van der Waals surface area contributed by atoms with Crippen molar-refractivity contribution >= 4 is 40.7 Å². The van der Waals surface area contributed by atoms with E-state index in [4.69, 9.17) is 4.42 Å². The molecule has 4 heterocycles. The first-order valence-corrected chi connectivity index (χ1v) is 11.3. The minimum atomic E-state index is -0.793. The van der Waals surface area contributed by atoms with E-state index in [0.717, 1.165) is 48.2 Å². The number of fused-ring (bicyclic) bond motifs is 1. The zero-order chi connectivity index (χ0) is 23.7. The Morgan fingerprint density at radius 1 is 1.03 bits per heavy atom. The van der Waals surface area contributed by atoms with Gasteiger partial charge in [0.25, 0.3) is 11.8 Å². The molecule has 0 saturated carbocycles. The Hall–Kier alpha value is -4.14. The molecule has 9 nitrogen and oxygen atoms in total. The van der Waals surface area contributed by atoms with Gasteiger partial charge in [0.2, 0.25) is 5.91 Å². The number of amides is 5. The molecule has 174 valence electrons. The first-order valence-electron chi connectivity index (χ1n) is 11.3. The number of para-hydroxylation sites is 1. The normalized spacial score (nSPS) is 18.1. The lowest BCUT2D eigenvalue weighted by molar-refractivity contribution is -0.133. The number of carbonyl (C=O) groups excluding carboxylic acids is 4. The number of aromatic nitrogens is 1. The van der Waals surface area contributed by atoms with Gasteiger partial charge in [0.05, 0.1) is 12.8 Å². The number of urea groups is 1. The molecule has 9 heteroatoms. The summed E-state index contributed by atoms with van der Waals surface area (Å²) in [6, 6.07) is 10.0. The number of nitrogens with zero attached hydrogens (tertiary/aromatic N) is 3. The Labute approximate surface area is 195 Å². The Bertz CT molecular complexity index is 1300. The number of carbonyl (C=O) groups is 4. The number of hydrogen-bond acceptors (Lipinski definition) is 5. The van der Waals surface area contributed by atoms with E-state index in [1.165, 1.54) is 12.3 Å². The number of likely N-dealkylation sites (tertiary alicyclic amines) is 1. The van der Waals surface area contributed by atoms with Crippen LogP contribution in [-0.2, 0) is 27.5 Å². The van der Waals surface area contributed by atoms with Crippen molar-refractivity contribution in [1.29, 1.82) is 0 Å². The van der Waals surface area contributed by atoms with Crippen LogP contribution in [0.15, 0.2) is 58.8 Å². The number of furan rings is 1. The average Bonchev–Trinajstić information content (AvgIpc) is 3.48. The lowest BCUT2D eigenvalue weighted by Gasteiger charge is -2.27. The van der Waals surface area contributed by atoms with Crippen LogP contribution >= 0.6 is 0 Å². The second-order valence-corrected chi connectivity index (χ2v) is 8.46. The van der Waals surface area contributed by atoms with E-state index in [2.05, 4.69) is 5.32 Å². The summed E-state index contributed by atoms with van der Waals surface area (Å²) in [6.07, 6.45) is 7.86. The molecule has 2 aromatic heterocycles. The molecule has 1 N–H and O–H groups in total. The molecule has 0 atom stereocenters. The molecule has 0 radical (unpaired) electrons. The Morgan fingerprint density at radius 2 is 1.82 bits per heavy atom. The van der Waals surface area contributed by atoms with E-state index in [1.807, 2.05) is 33.7 Å². The molecule has 1 aromatic carbocycles. The SMILES string of the molecule is O=C1NC(=O)N(Cc2ccco2)C(=O)/C1=C\c1cn(CC(=O)N2CCCCC2)c2ccccc12. The molecule has 5 rings (SSSR count). The molecule has 2 fully saturated rings. The predicted octanol–water partition coefficient (Wildman–Crippen LogP) is 2.91. The van der Waals surface area contributed by atoms with Crippen molar-refractivity contribution in [2.45, 2.75) is 32.4 Å². The highest BCUT2D eigenvalue weighted by Crippen LogP contribution is 2.26. The van der Waals surface area contributed by atoms with Crippen LogP contribution in [0.1, 0.15) is 30.6 Å². The highest BCUT2D eigenvalue weighted by molar-refractivity contribution is 6.31. The molecule has 2 aliphatic rings. The summed E-state index contributed by atoms with van der Waals surface area (Å²) in [5, 5.41) is 3.02. The quantitative estimate of drug-likeness (QED) is 0.466. The number of barbiturate groups is 1. The largest absolute Gasteiger partial charge is 0.467 e. The van der Waals surface area contributed by atoms with Gasteiger partial charge in [-0.05, 0) is 43.5 Å². The number of imide groups is 2. The number of rotatable bonds is 5. The molecule has 0 spiro atoms. The highest BCUT2D eigenvalue weighted by atomic mass is 16.3. The summed E-state index contributed by atoms with van der Waals surface area (Å²) in [5.74, 6) is -0.996. The van der Waals surface area contributed by atoms with Gasteiger partial charge in [-0.2, -0.15) is 0 Å². The van der Waals surface area contributed by atoms with Crippen molar-refractivity contribution in [3.8, 4) is 0 Å². The van der Waals surface area contributed by atoms with Crippen LogP contribution in [0.25, 0.3) is 17.0 Å². The lowest BCUT2D eigenvalue weighted by Crippen LogP contribution is -2.53. The van der Waals surface area contributed by atoms with Crippen LogP contribution in [0.2, 0.25) is 0 Å². The molecular formula is C25H24N4O5. The molecule has 34 heavy (non-hydrogen) atoms. The maximum Gasteiger partial charge on any atom is 0.331 e. The van der Waals surface area contributed by atoms with Gasteiger partial charge in [-0.1, -0.05) is 18.2 Å². The van der Waals surface area contributed by atoms with Gasteiger partial charge in [-0.15, -0.1) is 0 Å². The Morgan fingerprint density at radius 3 is 2.59 bits per heavy atom. The predicted molar refractivity (Wildman–Crippen MR) is 123 cm³/mol. The van der Waals surface area contributed by atoms with E-state index in [1.54, 1.807) is 18.3 Å². The van der Waals surface area contributed by atoms with Gasteiger partial charge in [-0.25, -0.2) is 4.79 Å². The van der Waals surface area contributed by atoms with Crippen molar-refractivity contribution in [1.82, 2.24) is 19.7 Å². The maximum absolute atomic E-state index is 13.1. The molecule has 0 bridgehead atoms. The summed E-state index contributed by atoms with van der Waals surface area (Å²) < 4.78 is 7.09. The van der Waals surface area contributed by atoms with Crippen LogP contribution in [0.3, 0.4) is 0 Å². The third-order valence-corrected chi connectivity index (χ3v) is 6.21. The molecule has 0 aliphatic carbocycles. The number of hydrogen-bond donors (Lipinski definition) is 1. The fourth-order valence-corrected chi connectivity index (χ4v) is 4.46. The third-order valence-electron chi connectivity index (χ3n) is 6.21. The standard InChI is InChI=1S/C25H24N4O5/c30-22(27-10-4-1-5-11-27)16-28-14-17(19-8-2-3-9-21(19)28)13-20-23(31)26-25(33)29(24(20)32)15-18-7-6-12-34-18/h2-3,6-9,12-14H,1,4-5,10-11,15-16H2,(H,26,31,33)/b20-13-. The monoisotopic (exact) mass is 460 g/mol. The van der Waals surface area contributed by atoms with Crippen LogP contribution < -0.4 is 5.32 Å². The average molecular weight is 460 g/mol. The summed E-state index contributed by atoms with van der Waals surface area (Å²) in [5.41, 5.74) is 1.29. The fraction of sp³-hybridized carbons (Fsp3) is 0.280.